The van der Waals surface area contributed by atoms with Gasteiger partial charge in [0.05, 0.1) is 6.04 Å². The van der Waals surface area contributed by atoms with Crippen LogP contribution in [0.5, 0.6) is 0 Å². The van der Waals surface area contributed by atoms with Crippen LogP contribution in [0.2, 0.25) is 0 Å². The average molecular weight is 262 g/mol. The van der Waals surface area contributed by atoms with Crippen molar-refractivity contribution in [3.05, 3.63) is 35.4 Å². The molecule has 1 unspecified atom stereocenters. The Morgan fingerprint density at radius 2 is 2.11 bits per heavy atom. The summed E-state index contributed by atoms with van der Waals surface area (Å²) in [5.41, 5.74) is 1.99. The van der Waals surface area contributed by atoms with Crippen LogP contribution < -0.4 is 10.6 Å². The molecule has 0 aromatic heterocycles. The Balaban J connectivity index is 2.10. The van der Waals surface area contributed by atoms with Gasteiger partial charge in [0.25, 0.3) is 0 Å². The van der Waals surface area contributed by atoms with Crippen molar-refractivity contribution in [2.45, 2.75) is 38.8 Å². The zero-order valence-electron chi connectivity index (χ0n) is 11.8. The van der Waals surface area contributed by atoms with E-state index in [4.69, 9.17) is 4.74 Å². The van der Waals surface area contributed by atoms with Crippen molar-refractivity contribution in [3.8, 4) is 0 Å². The molecule has 4 heteroatoms. The van der Waals surface area contributed by atoms with Gasteiger partial charge in [0, 0.05) is 6.54 Å². The van der Waals surface area contributed by atoms with Gasteiger partial charge in [0.15, 0.2) is 0 Å². The molecule has 0 saturated heterocycles. The van der Waals surface area contributed by atoms with Crippen LogP contribution in [-0.2, 0) is 11.2 Å². The third-order valence-electron chi connectivity index (χ3n) is 3.04. The smallest absolute Gasteiger partial charge is 0.408 e. The Morgan fingerprint density at radius 3 is 2.84 bits per heavy atom. The van der Waals surface area contributed by atoms with Crippen LogP contribution in [0.25, 0.3) is 0 Å². The Morgan fingerprint density at radius 1 is 1.37 bits per heavy atom. The number of carbonyl (C=O) groups excluding carboxylic acids is 1. The predicted molar refractivity (Wildman–Crippen MR) is 75.1 cm³/mol. The summed E-state index contributed by atoms with van der Waals surface area (Å²) in [5, 5.41) is 6.29. The second-order valence-electron chi connectivity index (χ2n) is 5.85. The van der Waals surface area contributed by atoms with Crippen molar-refractivity contribution in [2.24, 2.45) is 0 Å². The Hall–Kier alpha value is -1.55. The summed E-state index contributed by atoms with van der Waals surface area (Å²) in [4.78, 5) is 11.9. The number of rotatable bonds is 1. The summed E-state index contributed by atoms with van der Waals surface area (Å²) in [5.74, 6) is 0. The van der Waals surface area contributed by atoms with E-state index in [2.05, 4.69) is 22.8 Å². The first-order valence-corrected chi connectivity index (χ1v) is 6.74. The Labute approximate surface area is 114 Å². The highest BCUT2D eigenvalue weighted by molar-refractivity contribution is 5.68. The lowest BCUT2D eigenvalue weighted by molar-refractivity contribution is 0.0503. The maximum absolute atomic E-state index is 11.9. The first kappa shape index (κ1) is 13.9. The molecular weight excluding hydrogens is 240 g/mol. The van der Waals surface area contributed by atoms with Gasteiger partial charge in [-0.15, -0.1) is 0 Å². The molecule has 1 heterocycles. The van der Waals surface area contributed by atoms with E-state index in [9.17, 15) is 4.79 Å². The first-order valence-electron chi connectivity index (χ1n) is 6.74. The van der Waals surface area contributed by atoms with Gasteiger partial charge in [0.2, 0.25) is 0 Å². The number of benzene rings is 1. The third-order valence-corrected chi connectivity index (χ3v) is 3.04. The Kier molecular flexibility index (Phi) is 4.10. The highest BCUT2D eigenvalue weighted by atomic mass is 16.6. The number of amides is 1. The maximum atomic E-state index is 11.9. The standard InChI is InChI=1S/C15H22N2O2/c1-15(2,3)19-14(18)17-13-10-16-9-8-11-6-4-5-7-12(11)13/h4-7,13,16H,8-10H2,1-3H3,(H,17,18). The molecule has 1 aromatic rings. The topological polar surface area (TPSA) is 50.4 Å². The molecule has 104 valence electrons. The molecule has 0 bridgehead atoms. The molecule has 2 rings (SSSR count). The summed E-state index contributed by atoms with van der Waals surface area (Å²) < 4.78 is 5.32. The van der Waals surface area contributed by atoms with E-state index in [1.165, 1.54) is 11.1 Å². The molecule has 19 heavy (non-hydrogen) atoms. The lowest BCUT2D eigenvalue weighted by Gasteiger charge is -2.24. The van der Waals surface area contributed by atoms with Gasteiger partial charge in [-0.2, -0.15) is 0 Å². The zero-order valence-corrected chi connectivity index (χ0v) is 11.8. The number of alkyl carbamates (subject to hydrolysis) is 1. The van der Waals surface area contributed by atoms with E-state index in [-0.39, 0.29) is 12.1 Å². The van der Waals surface area contributed by atoms with E-state index in [0.717, 1.165) is 19.5 Å². The molecule has 0 aliphatic carbocycles. The molecule has 0 saturated carbocycles. The predicted octanol–water partition coefficient (Wildman–Crippen LogP) is 2.40. The molecule has 1 aliphatic heterocycles. The molecule has 1 aromatic carbocycles. The molecule has 0 radical (unpaired) electrons. The maximum Gasteiger partial charge on any atom is 0.408 e. The first-order chi connectivity index (χ1) is 8.96. The minimum absolute atomic E-state index is 0.0338. The zero-order chi connectivity index (χ0) is 13.9. The number of hydrogen-bond donors (Lipinski definition) is 2. The number of hydrogen-bond acceptors (Lipinski definition) is 3. The SMILES string of the molecule is CC(C)(C)OC(=O)NC1CNCCc2ccccc21. The molecule has 1 atom stereocenters. The molecular formula is C15H22N2O2. The van der Waals surface area contributed by atoms with Crippen LogP contribution in [0.3, 0.4) is 0 Å². The van der Waals surface area contributed by atoms with Gasteiger partial charge in [0.1, 0.15) is 5.60 Å². The Bertz CT molecular complexity index is 452. The van der Waals surface area contributed by atoms with Gasteiger partial charge in [-0.1, -0.05) is 24.3 Å². The lowest BCUT2D eigenvalue weighted by Crippen LogP contribution is -2.38. The highest BCUT2D eigenvalue weighted by Crippen LogP contribution is 2.21. The largest absolute Gasteiger partial charge is 0.444 e. The van der Waals surface area contributed by atoms with Crippen molar-refractivity contribution in [1.29, 1.82) is 0 Å². The molecule has 2 N–H and O–H groups in total. The van der Waals surface area contributed by atoms with Crippen LogP contribution >= 0.6 is 0 Å². The summed E-state index contributed by atoms with van der Waals surface area (Å²) >= 11 is 0. The third kappa shape index (κ3) is 3.96. The second-order valence-corrected chi connectivity index (χ2v) is 5.85. The second kappa shape index (κ2) is 5.61. The number of nitrogens with one attached hydrogen (secondary N) is 2. The molecule has 1 amide bonds. The fraction of sp³-hybridized carbons (Fsp3) is 0.533. The number of ether oxygens (including phenoxy) is 1. The minimum atomic E-state index is -0.470. The lowest BCUT2D eigenvalue weighted by atomic mass is 10.00. The molecule has 0 fully saturated rings. The quantitative estimate of drug-likeness (QED) is 0.817. The number of carbonyl (C=O) groups is 1. The summed E-state index contributed by atoms with van der Waals surface area (Å²) in [6, 6.07) is 8.20. The monoisotopic (exact) mass is 262 g/mol. The summed E-state index contributed by atoms with van der Waals surface area (Å²) in [7, 11) is 0. The summed E-state index contributed by atoms with van der Waals surface area (Å²) in [6.07, 6.45) is 0.624. The molecule has 4 nitrogen and oxygen atoms in total. The van der Waals surface area contributed by atoms with Crippen molar-refractivity contribution < 1.29 is 9.53 Å². The van der Waals surface area contributed by atoms with Gasteiger partial charge in [-0.25, -0.2) is 4.79 Å². The van der Waals surface area contributed by atoms with Gasteiger partial charge in [-0.05, 0) is 44.9 Å². The fourth-order valence-electron chi connectivity index (χ4n) is 2.26. The van der Waals surface area contributed by atoms with Gasteiger partial charge in [-0.3, -0.25) is 0 Å². The van der Waals surface area contributed by atoms with Gasteiger partial charge < -0.3 is 15.4 Å². The van der Waals surface area contributed by atoms with Crippen molar-refractivity contribution in [3.63, 3.8) is 0 Å². The van der Waals surface area contributed by atoms with Crippen LogP contribution in [0.1, 0.15) is 37.9 Å². The van der Waals surface area contributed by atoms with E-state index in [1.54, 1.807) is 0 Å². The fourth-order valence-corrected chi connectivity index (χ4v) is 2.26. The minimum Gasteiger partial charge on any atom is -0.444 e. The van der Waals surface area contributed by atoms with Crippen molar-refractivity contribution in [1.82, 2.24) is 10.6 Å². The van der Waals surface area contributed by atoms with Crippen LogP contribution in [0, 0.1) is 0 Å². The van der Waals surface area contributed by atoms with Crippen molar-refractivity contribution in [2.75, 3.05) is 13.1 Å². The van der Waals surface area contributed by atoms with Crippen molar-refractivity contribution >= 4 is 6.09 Å². The molecule has 0 spiro atoms. The molecule has 1 aliphatic rings. The van der Waals surface area contributed by atoms with E-state index >= 15 is 0 Å². The highest BCUT2D eigenvalue weighted by Gasteiger charge is 2.23. The van der Waals surface area contributed by atoms with E-state index in [0.29, 0.717) is 0 Å². The van der Waals surface area contributed by atoms with Crippen LogP contribution in [0.4, 0.5) is 4.79 Å². The van der Waals surface area contributed by atoms with Crippen LogP contribution in [-0.4, -0.2) is 24.8 Å². The summed E-state index contributed by atoms with van der Waals surface area (Å²) in [6.45, 7) is 7.27. The average Bonchev–Trinajstić information content (AvgIpc) is 2.50. The van der Waals surface area contributed by atoms with Crippen LogP contribution in [0.15, 0.2) is 24.3 Å². The number of fused-ring (bicyclic) bond motifs is 1. The van der Waals surface area contributed by atoms with E-state index < -0.39 is 5.60 Å². The van der Waals surface area contributed by atoms with E-state index in [1.807, 2.05) is 32.9 Å². The van der Waals surface area contributed by atoms with Gasteiger partial charge >= 0.3 is 6.09 Å². The normalized spacial score (nSPS) is 19.2.